The van der Waals surface area contributed by atoms with Crippen molar-refractivity contribution in [3.05, 3.63) is 48.4 Å². The van der Waals surface area contributed by atoms with Crippen LogP contribution in [0, 0.1) is 0 Å². The van der Waals surface area contributed by atoms with Gasteiger partial charge in [0.2, 0.25) is 0 Å². The molecule has 0 bridgehead atoms. The lowest BCUT2D eigenvalue weighted by molar-refractivity contribution is 0.196. The predicted octanol–water partition coefficient (Wildman–Crippen LogP) is 2.68. The highest BCUT2D eigenvalue weighted by Crippen LogP contribution is 2.31. The van der Waals surface area contributed by atoms with E-state index in [1.165, 1.54) is 11.8 Å². The normalized spacial score (nSPS) is 12.4. The summed E-state index contributed by atoms with van der Waals surface area (Å²) in [5.74, 6) is 0. The Hall–Kier alpha value is -1.39. The van der Waals surface area contributed by atoms with Crippen LogP contribution in [0.2, 0.25) is 0 Å². The Morgan fingerprint density at radius 1 is 1.25 bits per heavy atom. The molecule has 0 spiro atoms. The zero-order valence-electron chi connectivity index (χ0n) is 8.87. The molecule has 2 aromatic rings. The first-order valence-electron chi connectivity index (χ1n) is 4.98. The van der Waals surface area contributed by atoms with Crippen LogP contribution >= 0.6 is 11.8 Å². The average molecular weight is 232 g/mol. The van der Waals surface area contributed by atoms with Crippen LogP contribution in [0.15, 0.2) is 52.8 Å². The fourth-order valence-corrected chi connectivity index (χ4v) is 2.32. The van der Waals surface area contributed by atoms with Crippen molar-refractivity contribution in [3.63, 3.8) is 0 Å². The van der Waals surface area contributed by atoms with Crippen LogP contribution in [0.1, 0.15) is 18.6 Å². The van der Waals surface area contributed by atoms with Crippen molar-refractivity contribution in [2.45, 2.75) is 22.9 Å². The molecule has 1 atom stereocenters. The summed E-state index contributed by atoms with van der Waals surface area (Å²) in [5.41, 5.74) is 0.915. The Labute approximate surface area is 98.6 Å². The zero-order chi connectivity index (χ0) is 11.4. The predicted molar refractivity (Wildman–Crippen MR) is 63.2 cm³/mol. The van der Waals surface area contributed by atoms with Gasteiger partial charge < -0.3 is 5.11 Å². The molecule has 1 heterocycles. The van der Waals surface area contributed by atoms with Crippen molar-refractivity contribution in [3.8, 4) is 0 Å². The van der Waals surface area contributed by atoms with Crippen molar-refractivity contribution in [1.29, 1.82) is 0 Å². The molecule has 0 saturated carbocycles. The van der Waals surface area contributed by atoms with Gasteiger partial charge >= 0.3 is 0 Å². The van der Waals surface area contributed by atoms with Crippen molar-refractivity contribution < 1.29 is 5.11 Å². The second kappa shape index (κ2) is 5.09. The maximum Gasteiger partial charge on any atom is 0.119 e. The van der Waals surface area contributed by atoms with E-state index in [4.69, 9.17) is 0 Å². The van der Waals surface area contributed by atoms with E-state index in [1.807, 2.05) is 24.3 Å². The van der Waals surface area contributed by atoms with E-state index in [0.29, 0.717) is 0 Å². The molecule has 1 aromatic carbocycles. The van der Waals surface area contributed by atoms with E-state index >= 15 is 0 Å². The summed E-state index contributed by atoms with van der Waals surface area (Å²) < 4.78 is 0. The summed E-state index contributed by atoms with van der Waals surface area (Å²) in [4.78, 5) is 9.21. The second-order valence-corrected chi connectivity index (χ2v) is 4.42. The Balaban J connectivity index is 2.28. The number of hydrogen-bond acceptors (Lipinski definition) is 4. The summed E-state index contributed by atoms with van der Waals surface area (Å²) in [6.07, 6.45) is 4.54. The first-order chi connectivity index (χ1) is 7.77. The van der Waals surface area contributed by atoms with Gasteiger partial charge in [-0.15, -0.1) is 0 Å². The maximum absolute atomic E-state index is 9.63. The minimum absolute atomic E-state index is 0.472. The summed E-state index contributed by atoms with van der Waals surface area (Å²) in [6.45, 7) is 1.76. The molecule has 0 aliphatic rings. The van der Waals surface area contributed by atoms with Crippen molar-refractivity contribution >= 4 is 11.8 Å². The number of rotatable bonds is 3. The van der Waals surface area contributed by atoms with Crippen LogP contribution in [-0.4, -0.2) is 15.1 Å². The SMILES string of the molecule is C[C@@H](O)c1ccccc1Sc1cnccn1. The molecular weight excluding hydrogens is 220 g/mol. The van der Waals surface area contributed by atoms with Crippen LogP contribution in [0.5, 0.6) is 0 Å². The standard InChI is InChI=1S/C12H12N2OS/c1-9(15)10-4-2-3-5-11(10)16-12-8-13-6-7-14-12/h2-9,15H,1H3/t9-/m1/s1. The Morgan fingerprint density at radius 3 is 2.75 bits per heavy atom. The van der Waals surface area contributed by atoms with Gasteiger partial charge in [-0.05, 0) is 18.6 Å². The molecule has 0 unspecified atom stereocenters. The fraction of sp³-hybridized carbons (Fsp3) is 0.167. The van der Waals surface area contributed by atoms with E-state index in [0.717, 1.165) is 15.5 Å². The molecule has 0 radical (unpaired) electrons. The van der Waals surface area contributed by atoms with Gasteiger partial charge in [0, 0.05) is 17.3 Å². The number of aromatic nitrogens is 2. The summed E-state index contributed by atoms with van der Waals surface area (Å²) in [6, 6.07) is 7.76. The molecule has 4 heteroatoms. The minimum atomic E-state index is -0.472. The maximum atomic E-state index is 9.63. The molecule has 1 aromatic heterocycles. The fourth-order valence-electron chi connectivity index (χ4n) is 1.37. The van der Waals surface area contributed by atoms with Crippen LogP contribution in [0.3, 0.4) is 0 Å². The van der Waals surface area contributed by atoms with E-state index < -0.39 is 6.10 Å². The van der Waals surface area contributed by atoms with Crippen LogP contribution < -0.4 is 0 Å². The number of aliphatic hydroxyl groups excluding tert-OH is 1. The summed E-state index contributed by atoms with van der Waals surface area (Å²) in [7, 11) is 0. The Bertz CT molecular complexity index is 460. The zero-order valence-corrected chi connectivity index (χ0v) is 9.69. The molecule has 0 amide bonds. The molecule has 1 N–H and O–H groups in total. The van der Waals surface area contributed by atoms with Crippen LogP contribution in [0.4, 0.5) is 0 Å². The van der Waals surface area contributed by atoms with Gasteiger partial charge in [0.05, 0.1) is 12.3 Å². The first kappa shape index (κ1) is 11.1. The molecule has 0 saturated heterocycles. The van der Waals surface area contributed by atoms with Gasteiger partial charge in [-0.3, -0.25) is 4.98 Å². The lowest BCUT2D eigenvalue weighted by atomic mass is 10.1. The highest BCUT2D eigenvalue weighted by Gasteiger charge is 2.08. The van der Waals surface area contributed by atoms with Gasteiger partial charge in [-0.1, -0.05) is 30.0 Å². The number of nitrogens with zero attached hydrogens (tertiary/aromatic N) is 2. The monoisotopic (exact) mass is 232 g/mol. The third-order valence-electron chi connectivity index (χ3n) is 2.12. The molecule has 3 nitrogen and oxygen atoms in total. The number of hydrogen-bond donors (Lipinski definition) is 1. The van der Waals surface area contributed by atoms with E-state index in [9.17, 15) is 5.11 Å². The topological polar surface area (TPSA) is 46.0 Å². The lowest BCUT2D eigenvalue weighted by Gasteiger charge is -2.10. The third kappa shape index (κ3) is 2.59. The van der Waals surface area contributed by atoms with Gasteiger partial charge in [-0.25, -0.2) is 4.98 Å². The molecule has 2 rings (SSSR count). The minimum Gasteiger partial charge on any atom is -0.389 e. The quantitative estimate of drug-likeness (QED) is 0.883. The van der Waals surface area contributed by atoms with Crippen LogP contribution in [0.25, 0.3) is 0 Å². The highest BCUT2D eigenvalue weighted by molar-refractivity contribution is 7.99. The molecule has 0 aliphatic carbocycles. The van der Waals surface area contributed by atoms with Crippen molar-refractivity contribution in [2.24, 2.45) is 0 Å². The smallest absolute Gasteiger partial charge is 0.119 e. The Kier molecular flexibility index (Phi) is 3.54. The highest BCUT2D eigenvalue weighted by atomic mass is 32.2. The van der Waals surface area contributed by atoms with Crippen molar-refractivity contribution in [2.75, 3.05) is 0 Å². The molecular formula is C12H12N2OS. The second-order valence-electron chi connectivity index (χ2n) is 3.36. The summed E-state index contributed by atoms with van der Waals surface area (Å²) >= 11 is 1.51. The van der Waals surface area contributed by atoms with Gasteiger partial charge in [-0.2, -0.15) is 0 Å². The largest absolute Gasteiger partial charge is 0.389 e. The molecule has 82 valence electrons. The van der Waals surface area contributed by atoms with Crippen molar-refractivity contribution in [1.82, 2.24) is 9.97 Å². The van der Waals surface area contributed by atoms with Crippen LogP contribution in [-0.2, 0) is 0 Å². The van der Waals surface area contributed by atoms with Gasteiger partial charge in [0.15, 0.2) is 0 Å². The first-order valence-corrected chi connectivity index (χ1v) is 5.80. The average Bonchev–Trinajstić information content (AvgIpc) is 2.31. The molecule has 16 heavy (non-hydrogen) atoms. The lowest BCUT2D eigenvalue weighted by Crippen LogP contribution is -1.93. The molecule has 0 aliphatic heterocycles. The number of benzene rings is 1. The Morgan fingerprint density at radius 2 is 2.06 bits per heavy atom. The molecule has 0 fully saturated rings. The third-order valence-corrected chi connectivity index (χ3v) is 3.13. The van der Waals surface area contributed by atoms with E-state index in [-0.39, 0.29) is 0 Å². The van der Waals surface area contributed by atoms with E-state index in [2.05, 4.69) is 9.97 Å². The summed E-state index contributed by atoms with van der Waals surface area (Å²) in [5, 5.41) is 10.5. The van der Waals surface area contributed by atoms with E-state index in [1.54, 1.807) is 25.5 Å². The van der Waals surface area contributed by atoms with Gasteiger partial charge in [0.25, 0.3) is 0 Å². The van der Waals surface area contributed by atoms with Gasteiger partial charge in [0.1, 0.15) is 5.03 Å². The number of aliphatic hydroxyl groups is 1.